The maximum absolute atomic E-state index is 11.8. The summed E-state index contributed by atoms with van der Waals surface area (Å²) in [6, 6.07) is 5.72. The second-order valence-corrected chi connectivity index (χ2v) is 4.94. The molecular formula is C14H14N2O4. The number of methoxy groups -OCH3 is 1. The lowest BCUT2D eigenvalue weighted by Crippen LogP contribution is -2.11. The molecule has 1 aliphatic carbocycles. The average molecular weight is 274 g/mol. The second kappa shape index (κ2) is 4.63. The van der Waals surface area contributed by atoms with Crippen LogP contribution in [0.15, 0.2) is 18.2 Å². The monoisotopic (exact) mass is 274 g/mol. The van der Waals surface area contributed by atoms with Crippen molar-refractivity contribution < 1.29 is 19.4 Å². The minimum atomic E-state index is -1.00. The van der Waals surface area contributed by atoms with Gasteiger partial charge in [0.05, 0.1) is 12.6 Å². The van der Waals surface area contributed by atoms with E-state index in [-0.39, 0.29) is 12.2 Å². The highest BCUT2D eigenvalue weighted by Crippen LogP contribution is 2.41. The fourth-order valence-corrected chi connectivity index (χ4v) is 2.36. The highest BCUT2D eigenvalue weighted by atomic mass is 16.5. The van der Waals surface area contributed by atoms with E-state index in [1.54, 1.807) is 0 Å². The molecule has 2 aromatic rings. The molecular weight excluding hydrogens is 260 g/mol. The van der Waals surface area contributed by atoms with E-state index in [1.165, 1.54) is 11.8 Å². The van der Waals surface area contributed by atoms with Gasteiger partial charge in [-0.1, -0.05) is 6.07 Å². The molecule has 3 rings (SSSR count). The van der Waals surface area contributed by atoms with E-state index in [2.05, 4.69) is 5.10 Å². The van der Waals surface area contributed by atoms with Gasteiger partial charge in [0.15, 0.2) is 5.69 Å². The average Bonchev–Trinajstić information content (AvgIpc) is 3.21. The molecule has 0 spiro atoms. The van der Waals surface area contributed by atoms with E-state index < -0.39 is 11.9 Å². The Morgan fingerprint density at radius 2 is 2.20 bits per heavy atom. The molecule has 1 N–H and O–H groups in total. The van der Waals surface area contributed by atoms with Gasteiger partial charge in [-0.25, -0.2) is 4.79 Å². The fraction of sp³-hybridized carbons (Fsp3) is 0.357. The number of fused-ring (bicyclic) bond motifs is 1. The van der Waals surface area contributed by atoms with Crippen LogP contribution in [0.3, 0.4) is 0 Å². The summed E-state index contributed by atoms with van der Waals surface area (Å²) in [7, 11) is 1.29. The zero-order valence-corrected chi connectivity index (χ0v) is 11.0. The van der Waals surface area contributed by atoms with Crippen molar-refractivity contribution in [2.45, 2.75) is 25.3 Å². The first-order valence-electron chi connectivity index (χ1n) is 6.40. The van der Waals surface area contributed by atoms with Gasteiger partial charge in [-0.2, -0.15) is 5.10 Å². The van der Waals surface area contributed by atoms with Gasteiger partial charge in [0.25, 0.3) is 0 Å². The van der Waals surface area contributed by atoms with Crippen LogP contribution in [0.2, 0.25) is 0 Å². The number of carboxylic acid groups (broad SMARTS) is 1. The minimum Gasteiger partial charge on any atom is -0.480 e. The van der Waals surface area contributed by atoms with Crippen molar-refractivity contribution in [2.24, 2.45) is 0 Å². The number of carbonyl (C=O) groups excluding carboxylic acids is 1. The molecule has 0 aliphatic heterocycles. The Balaban J connectivity index is 2.16. The van der Waals surface area contributed by atoms with Crippen LogP contribution in [0.25, 0.3) is 10.9 Å². The zero-order valence-electron chi connectivity index (χ0n) is 11.0. The van der Waals surface area contributed by atoms with E-state index in [9.17, 15) is 9.59 Å². The summed E-state index contributed by atoms with van der Waals surface area (Å²) >= 11 is 0. The number of ether oxygens (including phenoxy) is 1. The summed E-state index contributed by atoms with van der Waals surface area (Å²) in [4.78, 5) is 22.6. The summed E-state index contributed by atoms with van der Waals surface area (Å²) in [5.41, 5.74) is 1.97. The summed E-state index contributed by atoms with van der Waals surface area (Å²) in [6.07, 6.45) is 2.31. The number of aliphatic carboxylic acids is 1. The molecule has 0 atom stereocenters. The predicted molar refractivity (Wildman–Crippen MR) is 70.7 cm³/mol. The number of rotatable bonds is 4. The quantitative estimate of drug-likeness (QED) is 0.859. The highest BCUT2D eigenvalue weighted by molar-refractivity contribution is 6.02. The molecule has 6 nitrogen and oxygen atoms in total. The molecule has 0 unspecified atom stereocenters. The molecule has 6 heteroatoms. The molecule has 1 aromatic carbocycles. The molecule has 0 bridgehead atoms. The molecule has 104 valence electrons. The van der Waals surface area contributed by atoms with Gasteiger partial charge in [0, 0.05) is 5.39 Å². The maximum Gasteiger partial charge on any atom is 0.359 e. The number of benzene rings is 1. The van der Waals surface area contributed by atoms with E-state index >= 15 is 0 Å². The van der Waals surface area contributed by atoms with Gasteiger partial charge in [-0.15, -0.1) is 0 Å². The highest BCUT2D eigenvalue weighted by Gasteiger charge is 2.26. The number of nitrogens with zero attached hydrogens (tertiary/aromatic N) is 2. The van der Waals surface area contributed by atoms with Crippen molar-refractivity contribution in [2.75, 3.05) is 7.11 Å². The molecule has 0 radical (unpaired) electrons. The van der Waals surface area contributed by atoms with Crippen molar-refractivity contribution in [1.82, 2.24) is 9.78 Å². The van der Waals surface area contributed by atoms with Crippen molar-refractivity contribution >= 4 is 22.8 Å². The number of hydrogen-bond donors (Lipinski definition) is 1. The lowest BCUT2D eigenvalue weighted by molar-refractivity contribution is -0.137. The van der Waals surface area contributed by atoms with Gasteiger partial charge < -0.3 is 9.84 Å². The zero-order chi connectivity index (χ0) is 14.3. The van der Waals surface area contributed by atoms with Crippen molar-refractivity contribution in [3.8, 4) is 0 Å². The fourth-order valence-electron chi connectivity index (χ4n) is 2.36. The Hall–Kier alpha value is -2.37. The SMILES string of the molecule is COC(=O)c1nn(CC(=O)O)c2ccc(C3CC3)cc12. The Kier molecular flexibility index (Phi) is 2.93. The topological polar surface area (TPSA) is 81.4 Å². The van der Waals surface area contributed by atoms with Crippen LogP contribution < -0.4 is 0 Å². The number of esters is 1. The number of carboxylic acids is 1. The summed E-state index contributed by atoms with van der Waals surface area (Å²) in [6.45, 7) is -0.281. The van der Waals surface area contributed by atoms with E-state index in [0.717, 1.165) is 18.4 Å². The number of hydrogen-bond acceptors (Lipinski definition) is 4. The van der Waals surface area contributed by atoms with E-state index in [1.807, 2.05) is 18.2 Å². The Morgan fingerprint density at radius 3 is 2.80 bits per heavy atom. The van der Waals surface area contributed by atoms with Crippen LogP contribution in [0.5, 0.6) is 0 Å². The molecule has 1 heterocycles. The van der Waals surface area contributed by atoms with Gasteiger partial charge in [-0.05, 0) is 36.5 Å². The summed E-state index contributed by atoms with van der Waals surface area (Å²) < 4.78 is 6.04. The first-order chi connectivity index (χ1) is 9.60. The molecule has 1 fully saturated rings. The van der Waals surface area contributed by atoms with Crippen LogP contribution in [-0.2, 0) is 16.1 Å². The number of aromatic nitrogens is 2. The lowest BCUT2D eigenvalue weighted by atomic mass is 10.1. The van der Waals surface area contributed by atoms with Gasteiger partial charge in [-0.3, -0.25) is 9.48 Å². The van der Waals surface area contributed by atoms with Crippen molar-refractivity contribution in [3.63, 3.8) is 0 Å². The molecule has 0 amide bonds. The molecule has 1 aromatic heterocycles. The van der Waals surface area contributed by atoms with Crippen LogP contribution >= 0.6 is 0 Å². The van der Waals surface area contributed by atoms with Crippen LogP contribution in [0.4, 0.5) is 0 Å². The Labute approximate surface area is 114 Å². The third kappa shape index (κ3) is 2.13. The minimum absolute atomic E-state index is 0.172. The third-order valence-corrected chi connectivity index (χ3v) is 3.49. The third-order valence-electron chi connectivity index (χ3n) is 3.49. The summed E-state index contributed by atoms with van der Waals surface area (Å²) in [5.74, 6) is -1.00. The smallest absolute Gasteiger partial charge is 0.359 e. The molecule has 0 saturated heterocycles. The normalized spacial score (nSPS) is 14.4. The van der Waals surface area contributed by atoms with Crippen molar-refractivity contribution in [1.29, 1.82) is 0 Å². The standard InChI is InChI=1S/C14H14N2O4/c1-20-14(19)13-10-6-9(8-2-3-8)4-5-11(10)16(15-13)7-12(17)18/h4-6,8H,2-3,7H2,1H3,(H,17,18). The molecule has 1 aliphatic rings. The summed E-state index contributed by atoms with van der Waals surface area (Å²) in [5, 5.41) is 13.6. The van der Waals surface area contributed by atoms with E-state index in [4.69, 9.17) is 9.84 Å². The second-order valence-electron chi connectivity index (χ2n) is 4.94. The Morgan fingerprint density at radius 1 is 1.45 bits per heavy atom. The van der Waals surface area contributed by atoms with E-state index in [0.29, 0.717) is 16.8 Å². The Bertz CT molecular complexity index is 701. The van der Waals surface area contributed by atoms with Crippen LogP contribution in [0.1, 0.15) is 34.8 Å². The largest absolute Gasteiger partial charge is 0.480 e. The predicted octanol–water partition coefficient (Wildman–Crippen LogP) is 1.78. The van der Waals surface area contributed by atoms with Gasteiger partial charge in [0.2, 0.25) is 0 Å². The van der Waals surface area contributed by atoms with Gasteiger partial charge in [0.1, 0.15) is 6.54 Å². The molecule has 1 saturated carbocycles. The maximum atomic E-state index is 11.8. The first kappa shape index (κ1) is 12.7. The van der Waals surface area contributed by atoms with Crippen LogP contribution in [-0.4, -0.2) is 33.9 Å². The van der Waals surface area contributed by atoms with Crippen molar-refractivity contribution in [3.05, 3.63) is 29.5 Å². The lowest BCUT2D eigenvalue weighted by Gasteiger charge is -2.01. The first-order valence-corrected chi connectivity index (χ1v) is 6.40. The van der Waals surface area contributed by atoms with Gasteiger partial charge >= 0.3 is 11.9 Å². The van der Waals surface area contributed by atoms with Crippen LogP contribution in [0, 0.1) is 0 Å². The molecule has 20 heavy (non-hydrogen) atoms. The number of carbonyl (C=O) groups is 2.